The van der Waals surface area contributed by atoms with E-state index in [2.05, 4.69) is 10.2 Å². The lowest BCUT2D eigenvalue weighted by atomic mass is 10.1. The van der Waals surface area contributed by atoms with Gasteiger partial charge in [0.15, 0.2) is 0 Å². The van der Waals surface area contributed by atoms with Crippen molar-refractivity contribution in [3.05, 3.63) is 69.9 Å². The van der Waals surface area contributed by atoms with Crippen LogP contribution < -0.4 is 10.9 Å². The molecule has 0 aliphatic carbocycles. The molecule has 8 heteroatoms. The third kappa shape index (κ3) is 4.59. The number of carbonyl (C=O) groups excluding carboxylic acids is 2. The summed E-state index contributed by atoms with van der Waals surface area (Å²) in [5.74, 6) is -0.805. The standard InChI is InChI=1S/C22H25FN4O3/c23-18-6-3-16(4-7-18)12-24-20(28)15-27-13-17(5-8-21(27)29)22(30)26-11-10-25-9-1-2-19(25)14-26/h3-8,13,19H,1-2,9-12,14-15H2,(H,24,28)/t19-/m1/s1. The molecule has 2 aromatic rings. The number of piperazine rings is 1. The van der Waals surface area contributed by atoms with Crippen molar-refractivity contribution in [1.82, 2.24) is 19.7 Å². The summed E-state index contributed by atoms with van der Waals surface area (Å²) in [6, 6.07) is 9.10. The number of hydrogen-bond donors (Lipinski definition) is 1. The summed E-state index contributed by atoms with van der Waals surface area (Å²) in [5.41, 5.74) is 0.823. The molecule has 0 saturated carbocycles. The van der Waals surface area contributed by atoms with E-state index in [1.807, 2.05) is 4.90 Å². The molecular formula is C22H25FN4O3. The van der Waals surface area contributed by atoms with E-state index in [-0.39, 0.29) is 36.3 Å². The van der Waals surface area contributed by atoms with E-state index in [0.29, 0.717) is 24.7 Å². The lowest BCUT2D eigenvalue weighted by Gasteiger charge is -2.37. The molecule has 1 aromatic carbocycles. The number of nitrogens with one attached hydrogen (secondary N) is 1. The zero-order valence-electron chi connectivity index (χ0n) is 16.7. The second-order valence-corrected chi connectivity index (χ2v) is 7.87. The highest BCUT2D eigenvalue weighted by atomic mass is 19.1. The fraction of sp³-hybridized carbons (Fsp3) is 0.409. The Hall–Kier alpha value is -3.00. The maximum Gasteiger partial charge on any atom is 0.255 e. The largest absolute Gasteiger partial charge is 0.350 e. The van der Waals surface area contributed by atoms with Crippen molar-refractivity contribution in [1.29, 1.82) is 0 Å². The van der Waals surface area contributed by atoms with Crippen molar-refractivity contribution < 1.29 is 14.0 Å². The van der Waals surface area contributed by atoms with Crippen LogP contribution >= 0.6 is 0 Å². The van der Waals surface area contributed by atoms with E-state index in [0.717, 1.165) is 25.1 Å². The van der Waals surface area contributed by atoms with Crippen LogP contribution in [0.25, 0.3) is 0 Å². The van der Waals surface area contributed by atoms with Gasteiger partial charge in [0.1, 0.15) is 12.4 Å². The fourth-order valence-corrected chi connectivity index (χ4v) is 4.15. The molecule has 1 aromatic heterocycles. The van der Waals surface area contributed by atoms with Crippen LogP contribution in [0.4, 0.5) is 4.39 Å². The molecule has 0 unspecified atom stereocenters. The molecule has 2 aliphatic rings. The summed E-state index contributed by atoms with van der Waals surface area (Å²) < 4.78 is 14.2. The molecule has 4 rings (SSSR count). The number of nitrogens with zero attached hydrogens (tertiary/aromatic N) is 3. The average Bonchev–Trinajstić information content (AvgIpc) is 3.22. The van der Waals surface area contributed by atoms with Crippen molar-refractivity contribution in [2.75, 3.05) is 26.2 Å². The SMILES string of the molecule is O=C(Cn1cc(C(=O)N2CCN3CCC[C@@H]3C2)ccc1=O)NCc1ccc(F)cc1. The first-order valence-corrected chi connectivity index (χ1v) is 10.2. The van der Waals surface area contributed by atoms with Crippen LogP contribution in [0.5, 0.6) is 0 Å². The highest BCUT2D eigenvalue weighted by molar-refractivity contribution is 5.94. The average molecular weight is 412 g/mol. The Morgan fingerprint density at radius 1 is 1.07 bits per heavy atom. The van der Waals surface area contributed by atoms with Crippen LogP contribution in [0.1, 0.15) is 28.8 Å². The molecule has 158 valence electrons. The highest BCUT2D eigenvalue weighted by Gasteiger charge is 2.32. The Morgan fingerprint density at radius 2 is 1.87 bits per heavy atom. The minimum atomic E-state index is -0.356. The number of rotatable bonds is 5. The number of benzene rings is 1. The van der Waals surface area contributed by atoms with Gasteiger partial charge in [-0.1, -0.05) is 12.1 Å². The molecule has 2 aliphatic heterocycles. The molecule has 0 bridgehead atoms. The van der Waals surface area contributed by atoms with Gasteiger partial charge >= 0.3 is 0 Å². The van der Waals surface area contributed by atoms with Gasteiger partial charge in [-0.2, -0.15) is 0 Å². The van der Waals surface area contributed by atoms with Crippen LogP contribution in [0.3, 0.4) is 0 Å². The summed E-state index contributed by atoms with van der Waals surface area (Å²) in [4.78, 5) is 41.6. The van der Waals surface area contributed by atoms with Gasteiger partial charge in [0.25, 0.3) is 11.5 Å². The molecular weight excluding hydrogens is 387 g/mol. The second-order valence-electron chi connectivity index (χ2n) is 7.87. The maximum absolute atomic E-state index is 13.0. The zero-order valence-corrected chi connectivity index (χ0v) is 16.7. The molecule has 0 radical (unpaired) electrons. The number of fused-ring (bicyclic) bond motifs is 1. The summed E-state index contributed by atoms with van der Waals surface area (Å²) in [6.45, 7) is 3.41. The number of halogens is 1. The minimum absolute atomic E-state index is 0.109. The van der Waals surface area contributed by atoms with Gasteiger partial charge in [-0.15, -0.1) is 0 Å². The Kier molecular flexibility index (Phi) is 5.94. The predicted molar refractivity (Wildman–Crippen MR) is 109 cm³/mol. The minimum Gasteiger partial charge on any atom is -0.350 e. The summed E-state index contributed by atoms with van der Waals surface area (Å²) in [6.07, 6.45) is 3.74. The van der Waals surface area contributed by atoms with Crippen molar-refractivity contribution in [3.8, 4) is 0 Å². The third-order valence-electron chi connectivity index (χ3n) is 5.82. The summed E-state index contributed by atoms with van der Waals surface area (Å²) >= 11 is 0. The third-order valence-corrected chi connectivity index (χ3v) is 5.82. The molecule has 30 heavy (non-hydrogen) atoms. The smallest absolute Gasteiger partial charge is 0.255 e. The van der Waals surface area contributed by atoms with Crippen molar-refractivity contribution >= 4 is 11.8 Å². The Labute approximate surface area is 174 Å². The molecule has 2 amide bonds. The van der Waals surface area contributed by atoms with Crippen LogP contribution in [-0.4, -0.2) is 58.4 Å². The molecule has 1 atom stereocenters. The lowest BCUT2D eigenvalue weighted by molar-refractivity contribution is -0.121. The summed E-state index contributed by atoms with van der Waals surface area (Å²) in [5, 5.41) is 2.71. The number of pyridine rings is 1. The Bertz CT molecular complexity index is 989. The molecule has 0 spiro atoms. The van der Waals surface area contributed by atoms with E-state index in [1.54, 1.807) is 12.1 Å². The number of carbonyl (C=O) groups is 2. The quantitative estimate of drug-likeness (QED) is 0.802. The van der Waals surface area contributed by atoms with Crippen LogP contribution in [0, 0.1) is 5.82 Å². The maximum atomic E-state index is 13.0. The summed E-state index contributed by atoms with van der Waals surface area (Å²) in [7, 11) is 0. The highest BCUT2D eigenvalue weighted by Crippen LogP contribution is 2.22. The van der Waals surface area contributed by atoms with Gasteiger partial charge in [0.2, 0.25) is 5.91 Å². The predicted octanol–water partition coefficient (Wildman–Crippen LogP) is 1.22. The fourth-order valence-electron chi connectivity index (χ4n) is 4.15. The lowest BCUT2D eigenvalue weighted by Crippen LogP contribution is -2.52. The number of amides is 2. The molecule has 7 nitrogen and oxygen atoms in total. The van der Waals surface area contributed by atoms with Crippen LogP contribution in [0.2, 0.25) is 0 Å². The first-order chi connectivity index (χ1) is 14.5. The second kappa shape index (κ2) is 8.79. The van der Waals surface area contributed by atoms with Gasteiger partial charge in [-0.3, -0.25) is 19.3 Å². The van der Waals surface area contributed by atoms with Gasteiger partial charge in [-0.25, -0.2) is 4.39 Å². The van der Waals surface area contributed by atoms with Crippen molar-refractivity contribution in [2.24, 2.45) is 0 Å². The van der Waals surface area contributed by atoms with E-state index < -0.39 is 0 Å². The van der Waals surface area contributed by atoms with Gasteiger partial charge in [-0.05, 0) is 43.1 Å². The van der Waals surface area contributed by atoms with Gasteiger partial charge in [0, 0.05) is 44.5 Å². The monoisotopic (exact) mass is 412 g/mol. The first-order valence-electron chi connectivity index (χ1n) is 10.2. The van der Waals surface area contributed by atoms with Crippen LogP contribution in [0.15, 0.2) is 47.4 Å². The van der Waals surface area contributed by atoms with Gasteiger partial charge in [0.05, 0.1) is 5.56 Å². The van der Waals surface area contributed by atoms with E-state index >= 15 is 0 Å². The zero-order chi connectivity index (χ0) is 21.1. The Balaban J connectivity index is 1.38. The van der Waals surface area contributed by atoms with Crippen molar-refractivity contribution in [3.63, 3.8) is 0 Å². The van der Waals surface area contributed by atoms with E-state index in [9.17, 15) is 18.8 Å². The number of aromatic nitrogens is 1. The topological polar surface area (TPSA) is 74.7 Å². The van der Waals surface area contributed by atoms with Gasteiger partial charge < -0.3 is 14.8 Å². The van der Waals surface area contributed by atoms with Crippen LogP contribution in [-0.2, 0) is 17.9 Å². The molecule has 1 N–H and O–H groups in total. The van der Waals surface area contributed by atoms with E-state index in [4.69, 9.17) is 0 Å². The molecule has 2 fully saturated rings. The molecule has 2 saturated heterocycles. The van der Waals surface area contributed by atoms with Crippen molar-refractivity contribution in [2.45, 2.75) is 32.0 Å². The number of hydrogen-bond acceptors (Lipinski definition) is 4. The molecule has 3 heterocycles. The normalized spacial score (nSPS) is 18.8. The van der Waals surface area contributed by atoms with E-state index in [1.165, 1.54) is 41.5 Å². The first kappa shape index (κ1) is 20.3. The Morgan fingerprint density at radius 3 is 2.67 bits per heavy atom.